The van der Waals surface area contributed by atoms with Gasteiger partial charge in [0.15, 0.2) is 5.82 Å². The van der Waals surface area contributed by atoms with Crippen LogP contribution in [0.2, 0.25) is 0 Å². The van der Waals surface area contributed by atoms with Crippen molar-refractivity contribution in [3.05, 3.63) is 66.4 Å². The van der Waals surface area contributed by atoms with E-state index in [1.165, 1.54) is 17.1 Å². The number of aromatic nitrogens is 3. The lowest BCUT2D eigenvalue weighted by Gasteiger charge is -2.04. The molecule has 7 heteroatoms. The van der Waals surface area contributed by atoms with Crippen LogP contribution >= 0.6 is 11.8 Å². The molecule has 0 saturated heterocycles. The van der Waals surface area contributed by atoms with Gasteiger partial charge in [-0.05, 0) is 35.9 Å². The van der Waals surface area contributed by atoms with Crippen molar-refractivity contribution in [1.29, 1.82) is 0 Å². The van der Waals surface area contributed by atoms with E-state index >= 15 is 0 Å². The number of benzene rings is 2. The van der Waals surface area contributed by atoms with Crippen molar-refractivity contribution in [2.45, 2.75) is 11.9 Å². The first kappa shape index (κ1) is 17.2. The Hall–Kier alpha value is -3.19. The van der Waals surface area contributed by atoms with Gasteiger partial charge in [0, 0.05) is 11.6 Å². The summed E-state index contributed by atoms with van der Waals surface area (Å²) in [7, 11) is 0. The second-order valence-electron chi connectivity index (χ2n) is 5.98. The molecule has 1 N–H and O–H groups in total. The van der Waals surface area contributed by atoms with E-state index in [1.54, 1.807) is 13.0 Å². The summed E-state index contributed by atoms with van der Waals surface area (Å²) in [6.45, 7) is 1.77. The fourth-order valence-electron chi connectivity index (χ4n) is 2.64. The zero-order chi connectivity index (χ0) is 18.6. The Bertz CT molecular complexity index is 1090. The van der Waals surface area contributed by atoms with E-state index in [2.05, 4.69) is 44.9 Å². The number of carbonyl (C=O) groups excluding carboxylic acids is 1. The standard InChI is InChI=1S/C20H16N4O2S/c1-13-10-18(24-26-13)21-19(25)12-27-20-9-8-17(22-23-20)16-7-6-14-4-2-3-5-15(14)11-16/h2-11H,12H2,1H3,(H,21,24,25). The van der Waals surface area contributed by atoms with Gasteiger partial charge in [-0.3, -0.25) is 4.79 Å². The topological polar surface area (TPSA) is 80.9 Å². The Kier molecular flexibility index (Phi) is 4.84. The zero-order valence-electron chi connectivity index (χ0n) is 14.5. The number of rotatable bonds is 5. The summed E-state index contributed by atoms with van der Waals surface area (Å²) < 4.78 is 4.92. The Balaban J connectivity index is 1.40. The first-order valence-corrected chi connectivity index (χ1v) is 9.35. The Labute approximate surface area is 160 Å². The summed E-state index contributed by atoms with van der Waals surface area (Å²) in [6.07, 6.45) is 0. The van der Waals surface area contributed by atoms with Gasteiger partial charge in [0.05, 0.1) is 11.4 Å². The summed E-state index contributed by atoms with van der Waals surface area (Å²) in [4.78, 5) is 11.9. The van der Waals surface area contributed by atoms with Gasteiger partial charge in [-0.15, -0.1) is 10.2 Å². The molecule has 134 valence electrons. The first-order valence-electron chi connectivity index (χ1n) is 8.36. The molecule has 4 aromatic rings. The molecule has 0 spiro atoms. The highest BCUT2D eigenvalue weighted by atomic mass is 32.2. The molecule has 0 bridgehead atoms. The largest absolute Gasteiger partial charge is 0.360 e. The summed E-state index contributed by atoms with van der Waals surface area (Å²) >= 11 is 1.32. The Morgan fingerprint density at radius 1 is 1.04 bits per heavy atom. The molecular formula is C20H16N4O2S. The van der Waals surface area contributed by atoms with Crippen LogP contribution in [0, 0.1) is 6.92 Å². The maximum Gasteiger partial charge on any atom is 0.236 e. The second-order valence-corrected chi connectivity index (χ2v) is 6.97. The Morgan fingerprint density at radius 3 is 2.63 bits per heavy atom. The normalized spacial score (nSPS) is 10.9. The lowest BCUT2D eigenvalue weighted by molar-refractivity contribution is -0.113. The first-order chi connectivity index (χ1) is 13.2. The number of anilines is 1. The van der Waals surface area contributed by atoms with Crippen molar-refractivity contribution in [3.63, 3.8) is 0 Å². The maximum atomic E-state index is 11.9. The van der Waals surface area contributed by atoms with Gasteiger partial charge in [0.2, 0.25) is 5.91 Å². The van der Waals surface area contributed by atoms with Crippen molar-refractivity contribution < 1.29 is 9.32 Å². The van der Waals surface area contributed by atoms with E-state index in [9.17, 15) is 4.79 Å². The molecular weight excluding hydrogens is 360 g/mol. The van der Waals surface area contributed by atoms with Crippen molar-refractivity contribution in [2.24, 2.45) is 0 Å². The van der Waals surface area contributed by atoms with Crippen molar-refractivity contribution >= 4 is 34.3 Å². The molecule has 6 nitrogen and oxygen atoms in total. The number of carbonyl (C=O) groups is 1. The van der Waals surface area contributed by atoms with Crippen LogP contribution in [0.25, 0.3) is 22.0 Å². The van der Waals surface area contributed by atoms with Crippen LogP contribution in [0.1, 0.15) is 5.76 Å². The number of nitrogens with one attached hydrogen (secondary N) is 1. The summed E-state index contributed by atoms with van der Waals surface area (Å²) in [5.74, 6) is 1.10. The maximum absolute atomic E-state index is 11.9. The lowest BCUT2D eigenvalue weighted by atomic mass is 10.1. The third-order valence-corrected chi connectivity index (χ3v) is 4.85. The smallest absolute Gasteiger partial charge is 0.236 e. The molecule has 1 amide bonds. The molecule has 4 rings (SSSR count). The number of hydrogen-bond acceptors (Lipinski definition) is 6. The minimum atomic E-state index is -0.172. The summed E-state index contributed by atoms with van der Waals surface area (Å²) in [6, 6.07) is 19.9. The number of thioether (sulfide) groups is 1. The average Bonchev–Trinajstić information content (AvgIpc) is 3.11. The highest BCUT2D eigenvalue weighted by Crippen LogP contribution is 2.24. The van der Waals surface area contributed by atoms with Gasteiger partial charge in [0.1, 0.15) is 10.8 Å². The second kappa shape index (κ2) is 7.59. The van der Waals surface area contributed by atoms with Crippen molar-refractivity contribution in [3.8, 4) is 11.3 Å². The van der Waals surface area contributed by atoms with Crippen molar-refractivity contribution in [2.75, 3.05) is 11.1 Å². The number of aryl methyl sites for hydroxylation is 1. The van der Waals surface area contributed by atoms with Gasteiger partial charge in [0.25, 0.3) is 0 Å². The van der Waals surface area contributed by atoms with E-state index < -0.39 is 0 Å². The highest BCUT2D eigenvalue weighted by Gasteiger charge is 2.08. The molecule has 2 aromatic carbocycles. The van der Waals surface area contributed by atoms with Crippen LogP contribution < -0.4 is 5.32 Å². The van der Waals surface area contributed by atoms with Gasteiger partial charge < -0.3 is 9.84 Å². The fourth-order valence-corrected chi connectivity index (χ4v) is 3.26. The molecule has 0 aliphatic rings. The van der Waals surface area contributed by atoms with E-state index in [1.807, 2.05) is 30.3 Å². The summed E-state index contributed by atoms with van der Waals surface area (Å²) in [5.41, 5.74) is 1.81. The fraction of sp³-hybridized carbons (Fsp3) is 0.100. The van der Waals surface area contributed by atoms with E-state index in [-0.39, 0.29) is 11.7 Å². The number of nitrogens with zero attached hydrogens (tertiary/aromatic N) is 3. The molecule has 2 aromatic heterocycles. The molecule has 0 unspecified atom stereocenters. The molecule has 0 fully saturated rings. The molecule has 0 radical (unpaired) electrons. The predicted molar refractivity (Wildman–Crippen MR) is 106 cm³/mol. The van der Waals surface area contributed by atoms with Crippen LogP contribution in [-0.4, -0.2) is 27.0 Å². The lowest BCUT2D eigenvalue weighted by Crippen LogP contribution is -2.14. The highest BCUT2D eigenvalue weighted by molar-refractivity contribution is 7.99. The van der Waals surface area contributed by atoms with Crippen LogP contribution in [0.15, 0.2) is 70.2 Å². The molecule has 0 atom stereocenters. The molecule has 2 heterocycles. The predicted octanol–water partition coefficient (Wildman–Crippen LogP) is 4.32. The van der Waals surface area contributed by atoms with E-state index in [0.717, 1.165) is 16.6 Å². The third-order valence-electron chi connectivity index (χ3n) is 3.93. The SMILES string of the molecule is Cc1cc(NC(=O)CSc2ccc(-c3ccc4ccccc4c3)nn2)no1. The van der Waals surface area contributed by atoms with E-state index in [4.69, 9.17) is 4.52 Å². The average molecular weight is 376 g/mol. The van der Waals surface area contributed by atoms with Gasteiger partial charge in [-0.25, -0.2) is 0 Å². The monoisotopic (exact) mass is 376 g/mol. The minimum absolute atomic E-state index is 0.172. The van der Waals surface area contributed by atoms with Crippen LogP contribution in [0.5, 0.6) is 0 Å². The zero-order valence-corrected chi connectivity index (χ0v) is 15.4. The summed E-state index contributed by atoms with van der Waals surface area (Å²) in [5, 5.41) is 18.0. The molecule has 0 aliphatic heterocycles. The number of hydrogen-bond donors (Lipinski definition) is 1. The van der Waals surface area contributed by atoms with E-state index in [0.29, 0.717) is 16.6 Å². The van der Waals surface area contributed by atoms with Crippen molar-refractivity contribution in [1.82, 2.24) is 15.4 Å². The Morgan fingerprint density at radius 2 is 1.89 bits per heavy atom. The molecule has 0 saturated carbocycles. The number of fused-ring (bicyclic) bond motifs is 1. The quantitative estimate of drug-likeness (QED) is 0.522. The van der Waals surface area contributed by atoms with Crippen LogP contribution in [-0.2, 0) is 4.79 Å². The van der Waals surface area contributed by atoms with Gasteiger partial charge >= 0.3 is 0 Å². The number of amides is 1. The van der Waals surface area contributed by atoms with Gasteiger partial charge in [-0.2, -0.15) is 0 Å². The van der Waals surface area contributed by atoms with Crippen LogP contribution in [0.3, 0.4) is 0 Å². The molecule has 0 aliphatic carbocycles. The molecule has 27 heavy (non-hydrogen) atoms. The van der Waals surface area contributed by atoms with Crippen LogP contribution in [0.4, 0.5) is 5.82 Å². The third kappa shape index (κ3) is 4.15. The van der Waals surface area contributed by atoms with Gasteiger partial charge in [-0.1, -0.05) is 53.3 Å². The minimum Gasteiger partial charge on any atom is -0.360 e.